The summed E-state index contributed by atoms with van der Waals surface area (Å²) in [5.41, 5.74) is 2.90. The SMILES string of the molecule is O=[N+]([O-])c1ccc(Nc2nc(Nc3ccc([N+](=O)[O-])cc3)nc(N3CCN(CCNc4ccnc5cc(Cl)ccc45)CC3)n2)cc1. The average molecular weight is 642 g/mol. The summed E-state index contributed by atoms with van der Waals surface area (Å²) in [6.07, 6.45) is 1.77. The minimum Gasteiger partial charge on any atom is -0.383 e. The molecule has 3 N–H and O–H groups in total. The first-order chi connectivity index (χ1) is 22.3. The first-order valence-electron chi connectivity index (χ1n) is 14.4. The van der Waals surface area contributed by atoms with Crippen LogP contribution in [0.15, 0.2) is 79.0 Å². The number of hydrogen-bond acceptors (Lipinski definition) is 13. The molecule has 1 aliphatic rings. The maximum Gasteiger partial charge on any atom is 0.269 e. The summed E-state index contributed by atoms with van der Waals surface area (Å²) in [7, 11) is 0. The van der Waals surface area contributed by atoms with Crippen molar-refractivity contribution in [1.29, 1.82) is 0 Å². The Hall–Kier alpha value is -5.67. The maximum absolute atomic E-state index is 11.1. The number of piperazine rings is 1. The van der Waals surface area contributed by atoms with E-state index in [2.05, 4.69) is 45.7 Å². The Bertz CT molecular complexity index is 1790. The van der Waals surface area contributed by atoms with E-state index in [1.807, 2.05) is 24.3 Å². The molecule has 0 spiro atoms. The number of aromatic nitrogens is 4. The van der Waals surface area contributed by atoms with Crippen LogP contribution in [0.3, 0.4) is 0 Å². The van der Waals surface area contributed by atoms with Crippen molar-refractivity contribution in [3.05, 3.63) is 104 Å². The number of nitrogens with one attached hydrogen (secondary N) is 3. The number of rotatable bonds is 11. The second-order valence-corrected chi connectivity index (χ2v) is 10.9. The lowest BCUT2D eigenvalue weighted by atomic mass is 10.2. The van der Waals surface area contributed by atoms with Crippen LogP contribution < -0.4 is 20.9 Å². The van der Waals surface area contributed by atoms with Crippen LogP contribution in [0.4, 0.5) is 46.3 Å². The number of fused-ring (bicyclic) bond motifs is 1. The molecule has 234 valence electrons. The van der Waals surface area contributed by atoms with Crippen molar-refractivity contribution in [2.45, 2.75) is 0 Å². The zero-order valence-electron chi connectivity index (χ0n) is 24.3. The molecule has 3 heterocycles. The molecule has 0 aliphatic carbocycles. The van der Waals surface area contributed by atoms with Gasteiger partial charge in [-0.2, -0.15) is 15.0 Å². The number of nitrogens with zero attached hydrogens (tertiary/aromatic N) is 8. The highest BCUT2D eigenvalue weighted by Crippen LogP contribution is 2.26. The number of nitro groups is 2. The highest BCUT2D eigenvalue weighted by molar-refractivity contribution is 6.31. The lowest BCUT2D eigenvalue weighted by Gasteiger charge is -2.34. The van der Waals surface area contributed by atoms with Crippen molar-refractivity contribution < 1.29 is 9.85 Å². The lowest BCUT2D eigenvalue weighted by Crippen LogP contribution is -2.48. The Labute approximate surface area is 267 Å². The molecule has 0 bridgehead atoms. The van der Waals surface area contributed by atoms with Crippen molar-refractivity contribution >= 4 is 68.8 Å². The molecule has 0 saturated carbocycles. The van der Waals surface area contributed by atoms with Crippen molar-refractivity contribution in [3.63, 3.8) is 0 Å². The van der Waals surface area contributed by atoms with Crippen LogP contribution in [0.1, 0.15) is 0 Å². The number of hydrogen-bond donors (Lipinski definition) is 3. The second-order valence-electron chi connectivity index (χ2n) is 10.4. The molecule has 5 aromatic rings. The van der Waals surface area contributed by atoms with Gasteiger partial charge in [-0.05, 0) is 48.5 Å². The van der Waals surface area contributed by atoms with Crippen LogP contribution in [-0.4, -0.2) is 74.0 Å². The van der Waals surface area contributed by atoms with Gasteiger partial charge in [0.15, 0.2) is 0 Å². The van der Waals surface area contributed by atoms with Gasteiger partial charge in [0, 0.05) is 97.2 Å². The van der Waals surface area contributed by atoms with Crippen molar-refractivity contribution in [2.24, 2.45) is 0 Å². The molecule has 0 amide bonds. The van der Waals surface area contributed by atoms with E-state index >= 15 is 0 Å². The Kier molecular flexibility index (Phi) is 8.94. The van der Waals surface area contributed by atoms with Crippen molar-refractivity contribution in [2.75, 3.05) is 60.1 Å². The smallest absolute Gasteiger partial charge is 0.269 e. The molecule has 6 rings (SSSR count). The van der Waals surface area contributed by atoms with Gasteiger partial charge < -0.3 is 20.9 Å². The number of anilines is 6. The van der Waals surface area contributed by atoms with Gasteiger partial charge in [0.25, 0.3) is 11.4 Å². The van der Waals surface area contributed by atoms with Gasteiger partial charge >= 0.3 is 0 Å². The van der Waals surface area contributed by atoms with E-state index in [1.54, 1.807) is 30.5 Å². The number of benzene rings is 3. The van der Waals surface area contributed by atoms with E-state index < -0.39 is 9.85 Å². The quantitative estimate of drug-likeness (QED) is 0.120. The molecule has 46 heavy (non-hydrogen) atoms. The van der Waals surface area contributed by atoms with E-state index in [9.17, 15) is 20.2 Å². The number of nitro benzene ring substituents is 2. The number of halogens is 1. The van der Waals surface area contributed by atoms with E-state index in [4.69, 9.17) is 11.6 Å². The molecule has 1 fully saturated rings. The predicted molar refractivity (Wildman–Crippen MR) is 176 cm³/mol. The first kappa shape index (κ1) is 30.4. The van der Waals surface area contributed by atoms with Gasteiger partial charge in [0.1, 0.15) is 0 Å². The van der Waals surface area contributed by atoms with E-state index in [1.165, 1.54) is 24.3 Å². The van der Waals surface area contributed by atoms with Gasteiger partial charge in [-0.25, -0.2) is 0 Å². The van der Waals surface area contributed by atoms with Crippen molar-refractivity contribution in [3.8, 4) is 0 Å². The summed E-state index contributed by atoms with van der Waals surface area (Å²) in [4.78, 5) is 43.7. The summed E-state index contributed by atoms with van der Waals surface area (Å²) < 4.78 is 0. The van der Waals surface area contributed by atoms with Crippen LogP contribution in [-0.2, 0) is 0 Å². The van der Waals surface area contributed by atoms with Crippen LogP contribution in [0.5, 0.6) is 0 Å². The molecule has 3 aromatic carbocycles. The zero-order chi connectivity index (χ0) is 32.0. The van der Waals surface area contributed by atoms with E-state index in [0.29, 0.717) is 35.4 Å². The number of pyridine rings is 1. The first-order valence-corrected chi connectivity index (χ1v) is 14.7. The molecule has 2 aromatic heterocycles. The lowest BCUT2D eigenvalue weighted by molar-refractivity contribution is -0.385. The monoisotopic (exact) mass is 641 g/mol. The highest BCUT2D eigenvalue weighted by atomic mass is 35.5. The normalized spacial score (nSPS) is 13.4. The van der Waals surface area contributed by atoms with Gasteiger partial charge in [0.05, 0.1) is 15.4 Å². The zero-order valence-corrected chi connectivity index (χ0v) is 25.1. The molecule has 16 heteroatoms. The highest BCUT2D eigenvalue weighted by Gasteiger charge is 2.21. The fourth-order valence-electron chi connectivity index (χ4n) is 5.00. The third-order valence-corrected chi connectivity index (χ3v) is 7.63. The van der Waals surface area contributed by atoms with Crippen LogP contribution in [0, 0.1) is 20.2 Å². The fraction of sp³-hybridized carbons (Fsp3) is 0.200. The van der Waals surface area contributed by atoms with Gasteiger partial charge in [-0.15, -0.1) is 0 Å². The molecule has 0 radical (unpaired) electrons. The Morgan fingerprint density at radius 1 is 0.761 bits per heavy atom. The molecule has 0 atom stereocenters. The summed E-state index contributed by atoms with van der Waals surface area (Å²) in [5, 5.41) is 33.5. The molecule has 15 nitrogen and oxygen atoms in total. The Balaban J connectivity index is 1.13. The van der Waals surface area contributed by atoms with Gasteiger partial charge in [-0.1, -0.05) is 11.6 Å². The molecule has 1 saturated heterocycles. The summed E-state index contributed by atoms with van der Waals surface area (Å²) in [6.45, 7) is 4.51. The summed E-state index contributed by atoms with van der Waals surface area (Å²) in [5.74, 6) is 0.921. The molecule has 0 unspecified atom stereocenters. The fourth-order valence-corrected chi connectivity index (χ4v) is 5.17. The average Bonchev–Trinajstić information content (AvgIpc) is 3.05. The largest absolute Gasteiger partial charge is 0.383 e. The van der Waals surface area contributed by atoms with Gasteiger partial charge in [-0.3, -0.25) is 30.1 Å². The van der Waals surface area contributed by atoms with E-state index in [-0.39, 0.29) is 23.3 Å². The van der Waals surface area contributed by atoms with Crippen molar-refractivity contribution in [1.82, 2.24) is 24.8 Å². The minimum absolute atomic E-state index is 0.0328. The number of non-ortho nitro benzene ring substituents is 2. The van der Waals surface area contributed by atoms with Crippen LogP contribution in [0.2, 0.25) is 5.02 Å². The predicted octanol–water partition coefficient (Wildman–Crippen LogP) is 5.61. The third-order valence-electron chi connectivity index (χ3n) is 7.40. The molecular formula is C30H28ClN11O4. The Morgan fingerprint density at radius 3 is 1.91 bits per heavy atom. The maximum atomic E-state index is 11.1. The van der Waals surface area contributed by atoms with Crippen LogP contribution >= 0.6 is 11.6 Å². The molecule has 1 aliphatic heterocycles. The topological polar surface area (TPSA) is 180 Å². The van der Waals surface area contributed by atoms with E-state index in [0.717, 1.165) is 42.8 Å². The standard InChI is InChI=1S/C30H28ClN11O4/c31-20-1-10-25-26(11-12-32-27(25)19-20)33-13-14-39-15-17-40(18-16-39)30-37-28(34-21-2-6-23(7-3-21)41(43)44)36-29(38-30)35-22-4-8-24(9-5-22)42(45)46/h1-12,19H,13-18H2,(H,32,33)(H2,34,35,36,37,38). The molecular weight excluding hydrogens is 614 g/mol. The van der Waals surface area contributed by atoms with Gasteiger partial charge in [0.2, 0.25) is 17.8 Å². The van der Waals surface area contributed by atoms with Crippen LogP contribution in [0.25, 0.3) is 10.9 Å². The third kappa shape index (κ3) is 7.34. The summed E-state index contributed by atoms with van der Waals surface area (Å²) in [6, 6.07) is 19.5. The summed E-state index contributed by atoms with van der Waals surface area (Å²) >= 11 is 6.12. The second kappa shape index (κ2) is 13.5. The Morgan fingerprint density at radius 2 is 1.35 bits per heavy atom. The minimum atomic E-state index is -0.468.